The van der Waals surface area contributed by atoms with E-state index in [1.54, 1.807) is 0 Å². The van der Waals surface area contributed by atoms with Crippen molar-refractivity contribution >= 4 is 10.8 Å². The molecule has 2 nitrogen and oxygen atoms in total. The van der Waals surface area contributed by atoms with Crippen LogP contribution in [0.1, 0.15) is 23.7 Å². The maximum Gasteiger partial charge on any atom is 0.360 e. The van der Waals surface area contributed by atoms with E-state index < -0.39 is 67.8 Å². The highest BCUT2D eigenvalue weighted by Gasteiger charge is 2.57. The van der Waals surface area contributed by atoms with Crippen molar-refractivity contribution in [3.05, 3.63) is 53.1 Å². The van der Waals surface area contributed by atoms with E-state index in [-0.39, 0.29) is 0 Å². The Morgan fingerprint density at radius 2 is 1.68 bits per heavy atom. The van der Waals surface area contributed by atoms with E-state index in [0.717, 1.165) is 12.1 Å². The summed E-state index contributed by atoms with van der Waals surface area (Å²) in [5.41, 5.74) is -2.04. The molecule has 0 amide bonds. The lowest BCUT2D eigenvalue weighted by molar-refractivity contribution is 0.0143. The predicted molar refractivity (Wildman–Crippen MR) is 73.0 cm³/mol. The zero-order valence-electron chi connectivity index (χ0n) is 11.9. The number of hydrogen-bond acceptors (Lipinski definition) is 2. The number of fused-ring (bicyclic) bond motifs is 1. The molecular formula is C15H7F7O2S. The van der Waals surface area contributed by atoms with Crippen LogP contribution in [-0.4, -0.2) is 9.46 Å². The molecule has 2 atom stereocenters. The molecule has 0 unspecified atom stereocenters. The monoisotopic (exact) mass is 384 g/mol. The first kappa shape index (κ1) is 17.7. The summed E-state index contributed by atoms with van der Waals surface area (Å²) in [6, 6.07) is 3.35. The van der Waals surface area contributed by atoms with Gasteiger partial charge in [0.1, 0.15) is 33.9 Å². The van der Waals surface area contributed by atoms with E-state index in [0.29, 0.717) is 18.2 Å². The van der Waals surface area contributed by atoms with Crippen LogP contribution >= 0.6 is 0 Å². The van der Waals surface area contributed by atoms with Crippen LogP contribution in [0.5, 0.6) is 11.5 Å². The van der Waals surface area contributed by atoms with Crippen molar-refractivity contribution in [1.29, 1.82) is 0 Å². The van der Waals surface area contributed by atoms with Gasteiger partial charge < -0.3 is 4.74 Å². The van der Waals surface area contributed by atoms with E-state index in [9.17, 15) is 34.9 Å². The first-order valence-corrected chi connectivity index (χ1v) is 7.80. The van der Waals surface area contributed by atoms with Crippen molar-refractivity contribution in [2.75, 3.05) is 0 Å². The lowest BCUT2D eigenvalue weighted by atomic mass is 10.1. The molecule has 134 valence electrons. The third kappa shape index (κ3) is 2.88. The highest BCUT2D eigenvalue weighted by molar-refractivity contribution is 7.86. The maximum absolute atomic E-state index is 13.7. The standard InChI is InChI=1S/C15H7F7O2S/c16-6-3-7(17)5-8(4-6)24-10-2-1-9-12(11(10)14(19)20)25(23)15(21,22)13(9)18/h1-5,13-14H/t13-,25+/m0/s1. The summed E-state index contributed by atoms with van der Waals surface area (Å²) in [5, 5.41) is -4.37. The average Bonchev–Trinajstić information content (AvgIpc) is 2.67. The van der Waals surface area contributed by atoms with E-state index in [2.05, 4.69) is 0 Å². The molecule has 2 aromatic rings. The molecule has 2 aromatic carbocycles. The average molecular weight is 384 g/mol. The second-order valence-electron chi connectivity index (χ2n) is 5.10. The molecule has 0 spiro atoms. The van der Waals surface area contributed by atoms with Crippen LogP contribution < -0.4 is 4.74 Å². The van der Waals surface area contributed by atoms with E-state index in [1.165, 1.54) is 0 Å². The molecule has 1 heterocycles. The van der Waals surface area contributed by atoms with Crippen LogP contribution in [0.4, 0.5) is 30.7 Å². The van der Waals surface area contributed by atoms with Crippen molar-refractivity contribution in [3.63, 3.8) is 0 Å². The normalized spacial score (nSPS) is 21.4. The van der Waals surface area contributed by atoms with Crippen molar-refractivity contribution in [2.24, 2.45) is 0 Å². The minimum atomic E-state index is -4.37. The van der Waals surface area contributed by atoms with Crippen molar-refractivity contribution in [3.8, 4) is 11.5 Å². The number of rotatable bonds is 3. The summed E-state index contributed by atoms with van der Waals surface area (Å²) in [6.07, 6.45) is -6.45. The zero-order valence-corrected chi connectivity index (χ0v) is 12.7. The molecule has 0 bridgehead atoms. The second-order valence-corrected chi connectivity index (χ2v) is 6.59. The maximum atomic E-state index is 13.7. The Labute approximate surface area is 138 Å². The van der Waals surface area contributed by atoms with Gasteiger partial charge in [0.05, 0.1) is 10.5 Å². The summed E-state index contributed by atoms with van der Waals surface area (Å²) in [7, 11) is -3.36. The summed E-state index contributed by atoms with van der Waals surface area (Å²) >= 11 is 0. The number of halogens is 7. The van der Waals surface area contributed by atoms with Crippen LogP contribution in [0.3, 0.4) is 0 Å². The molecule has 0 radical (unpaired) electrons. The van der Waals surface area contributed by atoms with Crippen molar-refractivity contribution in [2.45, 2.75) is 22.7 Å². The van der Waals surface area contributed by atoms with Crippen LogP contribution in [0.2, 0.25) is 0 Å². The first-order valence-electron chi connectivity index (χ1n) is 6.65. The molecule has 0 fully saturated rings. The number of ether oxygens (including phenoxy) is 1. The molecule has 0 N–H and O–H groups in total. The molecular weight excluding hydrogens is 377 g/mol. The third-order valence-corrected chi connectivity index (χ3v) is 5.00. The van der Waals surface area contributed by atoms with Crippen LogP contribution in [-0.2, 0) is 10.8 Å². The fourth-order valence-corrected chi connectivity index (χ4v) is 3.79. The summed E-state index contributed by atoms with van der Waals surface area (Å²) < 4.78 is 111. The van der Waals surface area contributed by atoms with Crippen LogP contribution in [0.15, 0.2) is 35.2 Å². The van der Waals surface area contributed by atoms with Gasteiger partial charge in [0.15, 0.2) is 0 Å². The molecule has 10 heteroatoms. The molecule has 3 rings (SSSR count). The number of alkyl halides is 5. The van der Waals surface area contributed by atoms with Gasteiger partial charge in [-0.2, -0.15) is 8.78 Å². The van der Waals surface area contributed by atoms with Gasteiger partial charge in [-0.15, -0.1) is 0 Å². The Morgan fingerprint density at radius 3 is 2.24 bits per heavy atom. The topological polar surface area (TPSA) is 26.3 Å². The predicted octanol–water partition coefficient (Wildman–Crippen LogP) is 5.42. The van der Waals surface area contributed by atoms with Gasteiger partial charge in [-0.25, -0.2) is 26.2 Å². The minimum Gasteiger partial charge on any atom is -0.457 e. The molecule has 1 aliphatic rings. The Morgan fingerprint density at radius 1 is 1.08 bits per heavy atom. The summed E-state index contributed by atoms with van der Waals surface area (Å²) in [4.78, 5) is -1.07. The van der Waals surface area contributed by atoms with E-state index in [1.807, 2.05) is 0 Å². The highest BCUT2D eigenvalue weighted by atomic mass is 32.2. The van der Waals surface area contributed by atoms with Gasteiger partial charge in [-0.1, -0.05) is 6.07 Å². The van der Waals surface area contributed by atoms with Crippen LogP contribution in [0.25, 0.3) is 0 Å². The van der Waals surface area contributed by atoms with Gasteiger partial charge >= 0.3 is 5.25 Å². The number of benzene rings is 2. The molecule has 0 saturated heterocycles. The Balaban J connectivity index is 2.14. The fraction of sp³-hybridized carbons (Fsp3) is 0.200. The Hall–Kier alpha value is -2.10. The van der Waals surface area contributed by atoms with E-state index >= 15 is 0 Å². The SMILES string of the molecule is O=[S@@]1c2c(ccc(Oc3cc(F)cc(F)c3)c2C(F)F)[C@H](F)C1(F)F. The summed E-state index contributed by atoms with van der Waals surface area (Å²) in [6.45, 7) is 0. The minimum absolute atomic E-state index is 0.507. The van der Waals surface area contributed by atoms with Gasteiger partial charge in [0.25, 0.3) is 6.43 Å². The van der Waals surface area contributed by atoms with Gasteiger partial charge in [-0.3, -0.25) is 0 Å². The smallest absolute Gasteiger partial charge is 0.360 e. The van der Waals surface area contributed by atoms with Gasteiger partial charge in [0, 0.05) is 23.8 Å². The largest absolute Gasteiger partial charge is 0.457 e. The zero-order chi connectivity index (χ0) is 18.5. The lowest BCUT2D eigenvalue weighted by Gasteiger charge is -2.14. The van der Waals surface area contributed by atoms with E-state index in [4.69, 9.17) is 4.74 Å². The van der Waals surface area contributed by atoms with Crippen molar-refractivity contribution < 1.29 is 39.7 Å². The summed E-state index contributed by atoms with van der Waals surface area (Å²) in [5.74, 6) is -3.40. The third-order valence-electron chi connectivity index (χ3n) is 3.47. The van der Waals surface area contributed by atoms with Gasteiger partial charge in [0.2, 0.25) is 6.17 Å². The molecule has 25 heavy (non-hydrogen) atoms. The fourth-order valence-electron chi connectivity index (χ4n) is 2.43. The van der Waals surface area contributed by atoms with Crippen molar-refractivity contribution in [1.82, 2.24) is 0 Å². The molecule has 0 saturated carbocycles. The quantitative estimate of drug-likeness (QED) is 0.661. The van der Waals surface area contributed by atoms with Gasteiger partial charge in [-0.05, 0) is 6.07 Å². The number of hydrogen-bond donors (Lipinski definition) is 0. The Bertz CT molecular complexity index is 849. The Kier molecular flexibility index (Phi) is 4.26. The highest BCUT2D eigenvalue weighted by Crippen LogP contribution is 2.53. The first-order chi connectivity index (χ1) is 11.6. The molecule has 0 aromatic heterocycles. The molecule has 1 aliphatic heterocycles. The second kappa shape index (κ2) is 6.01. The molecule has 0 aliphatic carbocycles. The lowest BCUT2D eigenvalue weighted by Crippen LogP contribution is -2.22. The van der Waals surface area contributed by atoms with Crippen LogP contribution in [0, 0.1) is 11.6 Å².